The van der Waals surface area contributed by atoms with Crippen LogP contribution in [-0.2, 0) is 25.6 Å². The largest absolute Gasteiger partial charge is 0.394 e. The molecule has 0 spiro atoms. The van der Waals surface area contributed by atoms with Gasteiger partial charge in [0.15, 0.2) is 6.29 Å². The molecule has 1 aromatic rings. The van der Waals surface area contributed by atoms with Crippen molar-refractivity contribution in [1.82, 2.24) is 0 Å². The summed E-state index contributed by atoms with van der Waals surface area (Å²) in [4.78, 5) is 0. The topological polar surface area (TPSA) is 77.4 Å². The predicted octanol–water partition coefficient (Wildman–Crippen LogP) is 0.311. The minimum Gasteiger partial charge on any atom is -0.394 e. The van der Waals surface area contributed by atoms with Crippen molar-refractivity contribution in [3.63, 3.8) is 0 Å². The van der Waals surface area contributed by atoms with E-state index in [0.717, 1.165) is 5.56 Å². The lowest BCUT2D eigenvalue weighted by Gasteiger charge is -2.42. The Kier molecular flexibility index (Phi) is 6.10. The molecule has 2 N–H and O–H groups in total. The van der Waals surface area contributed by atoms with Crippen molar-refractivity contribution >= 4 is 0 Å². The van der Waals surface area contributed by atoms with Crippen LogP contribution in [0.2, 0.25) is 0 Å². The summed E-state index contributed by atoms with van der Waals surface area (Å²) in [5.41, 5.74) is 0.997. The molecular formula is C15H22O6. The second-order valence-corrected chi connectivity index (χ2v) is 4.91. The van der Waals surface area contributed by atoms with Gasteiger partial charge in [0.1, 0.15) is 24.4 Å². The summed E-state index contributed by atoms with van der Waals surface area (Å²) in [6, 6.07) is 9.66. The Morgan fingerprint density at radius 2 is 1.76 bits per heavy atom. The maximum Gasteiger partial charge on any atom is 0.187 e. The van der Waals surface area contributed by atoms with E-state index >= 15 is 0 Å². The molecule has 0 aromatic heterocycles. The fraction of sp³-hybridized carbons (Fsp3) is 0.600. The van der Waals surface area contributed by atoms with E-state index in [4.69, 9.17) is 18.9 Å². The smallest absolute Gasteiger partial charge is 0.187 e. The number of ether oxygens (including phenoxy) is 4. The van der Waals surface area contributed by atoms with Crippen molar-refractivity contribution in [3.8, 4) is 0 Å². The standard InChI is InChI=1S/C15H22O6/c1-18-13-12(17)11(8-16)21-15(14(13)19-2)20-9-10-6-4-3-5-7-10/h3-7,11-17H,8-9H2,1-2H3/t11-,12-,13+,14-,15+/m1/s1. The van der Waals surface area contributed by atoms with Gasteiger partial charge >= 0.3 is 0 Å². The molecular weight excluding hydrogens is 276 g/mol. The fourth-order valence-electron chi connectivity index (χ4n) is 2.45. The van der Waals surface area contributed by atoms with Crippen molar-refractivity contribution in [2.45, 2.75) is 37.3 Å². The van der Waals surface area contributed by atoms with E-state index in [1.807, 2.05) is 30.3 Å². The summed E-state index contributed by atoms with van der Waals surface area (Å²) in [7, 11) is 2.98. The lowest BCUT2D eigenvalue weighted by molar-refractivity contribution is -0.312. The summed E-state index contributed by atoms with van der Waals surface area (Å²) < 4.78 is 21.9. The van der Waals surface area contributed by atoms with Gasteiger partial charge in [-0.1, -0.05) is 30.3 Å². The van der Waals surface area contributed by atoms with Gasteiger partial charge in [0, 0.05) is 14.2 Å². The average molecular weight is 298 g/mol. The molecule has 6 heteroatoms. The Hall–Kier alpha value is -1.02. The number of rotatable bonds is 6. The van der Waals surface area contributed by atoms with Crippen LogP contribution in [0.25, 0.3) is 0 Å². The minimum absolute atomic E-state index is 0.317. The van der Waals surface area contributed by atoms with Crippen LogP contribution in [0.4, 0.5) is 0 Å². The highest BCUT2D eigenvalue weighted by atomic mass is 16.7. The van der Waals surface area contributed by atoms with Crippen LogP contribution in [0.5, 0.6) is 0 Å². The van der Waals surface area contributed by atoms with Gasteiger partial charge in [-0.3, -0.25) is 0 Å². The van der Waals surface area contributed by atoms with E-state index in [0.29, 0.717) is 6.61 Å². The fourth-order valence-corrected chi connectivity index (χ4v) is 2.45. The number of benzene rings is 1. The first kappa shape index (κ1) is 16.4. The summed E-state index contributed by atoms with van der Waals surface area (Å²) in [5, 5.41) is 19.4. The molecule has 1 fully saturated rings. The molecule has 1 saturated heterocycles. The van der Waals surface area contributed by atoms with Gasteiger partial charge in [-0.2, -0.15) is 0 Å². The van der Waals surface area contributed by atoms with Crippen molar-refractivity contribution in [2.24, 2.45) is 0 Å². The van der Waals surface area contributed by atoms with Crippen LogP contribution in [0, 0.1) is 0 Å². The zero-order chi connectivity index (χ0) is 15.2. The average Bonchev–Trinajstić information content (AvgIpc) is 2.53. The van der Waals surface area contributed by atoms with Crippen molar-refractivity contribution in [3.05, 3.63) is 35.9 Å². The van der Waals surface area contributed by atoms with Crippen LogP contribution in [-0.4, -0.2) is 61.7 Å². The van der Waals surface area contributed by atoms with E-state index in [1.165, 1.54) is 14.2 Å². The molecule has 0 bridgehead atoms. The third-order valence-electron chi connectivity index (χ3n) is 3.60. The SMILES string of the molecule is CO[C@H]1[C@@H](OCc2ccccc2)O[C@H](CO)[C@@H](O)[C@@H]1OC. The zero-order valence-electron chi connectivity index (χ0n) is 12.2. The quantitative estimate of drug-likeness (QED) is 0.787. The summed E-state index contributed by atoms with van der Waals surface area (Å²) in [6.07, 6.45) is -3.65. The molecule has 1 aromatic carbocycles. The Balaban J connectivity index is 2.04. The highest BCUT2D eigenvalue weighted by Gasteiger charge is 2.46. The molecule has 6 nitrogen and oxygen atoms in total. The summed E-state index contributed by atoms with van der Waals surface area (Å²) >= 11 is 0. The second-order valence-electron chi connectivity index (χ2n) is 4.91. The number of aliphatic hydroxyl groups is 2. The molecule has 0 saturated carbocycles. The number of hydrogen-bond acceptors (Lipinski definition) is 6. The zero-order valence-corrected chi connectivity index (χ0v) is 12.2. The first-order chi connectivity index (χ1) is 10.2. The molecule has 0 radical (unpaired) electrons. The number of hydrogen-bond donors (Lipinski definition) is 2. The van der Waals surface area contributed by atoms with Crippen LogP contribution in [0.1, 0.15) is 5.56 Å². The molecule has 5 atom stereocenters. The molecule has 2 rings (SSSR count). The molecule has 118 valence electrons. The molecule has 0 unspecified atom stereocenters. The molecule has 1 aliphatic rings. The summed E-state index contributed by atoms with van der Waals surface area (Å²) in [6.45, 7) is 0.0265. The van der Waals surface area contributed by atoms with Gasteiger partial charge < -0.3 is 29.2 Å². The molecule has 21 heavy (non-hydrogen) atoms. The summed E-state index contributed by atoms with van der Waals surface area (Å²) in [5.74, 6) is 0. The predicted molar refractivity (Wildman–Crippen MR) is 74.6 cm³/mol. The van der Waals surface area contributed by atoms with Crippen LogP contribution in [0.15, 0.2) is 30.3 Å². The van der Waals surface area contributed by atoms with Gasteiger partial charge in [-0.25, -0.2) is 0 Å². The number of aliphatic hydroxyl groups excluding tert-OH is 2. The lowest BCUT2D eigenvalue weighted by atomic mass is 9.99. The first-order valence-corrected chi connectivity index (χ1v) is 6.86. The molecule has 0 amide bonds. The third kappa shape index (κ3) is 3.79. The van der Waals surface area contributed by atoms with Gasteiger partial charge in [0.25, 0.3) is 0 Å². The van der Waals surface area contributed by atoms with Gasteiger partial charge in [-0.15, -0.1) is 0 Å². The van der Waals surface area contributed by atoms with E-state index in [1.54, 1.807) is 0 Å². The van der Waals surface area contributed by atoms with Crippen LogP contribution >= 0.6 is 0 Å². The van der Waals surface area contributed by atoms with E-state index in [-0.39, 0.29) is 6.61 Å². The Labute approximate surface area is 124 Å². The van der Waals surface area contributed by atoms with Crippen molar-refractivity contribution < 1.29 is 29.2 Å². The minimum atomic E-state index is -0.971. The Bertz CT molecular complexity index is 412. The monoisotopic (exact) mass is 298 g/mol. The molecule has 0 aliphatic carbocycles. The first-order valence-electron chi connectivity index (χ1n) is 6.86. The highest BCUT2D eigenvalue weighted by Crippen LogP contribution is 2.26. The highest BCUT2D eigenvalue weighted by molar-refractivity contribution is 5.13. The van der Waals surface area contributed by atoms with Gasteiger partial charge in [0.2, 0.25) is 0 Å². The second kappa shape index (κ2) is 7.84. The van der Waals surface area contributed by atoms with Crippen LogP contribution in [0.3, 0.4) is 0 Å². The maximum atomic E-state index is 10.1. The van der Waals surface area contributed by atoms with Crippen molar-refractivity contribution in [2.75, 3.05) is 20.8 Å². The molecule has 1 heterocycles. The van der Waals surface area contributed by atoms with E-state index in [9.17, 15) is 10.2 Å². The van der Waals surface area contributed by atoms with Gasteiger partial charge in [-0.05, 0) is 5.56 Å². The van der Waals surface area contributed by atoms with E-state index < -0.39 is 30.7 Å². The molecule has 1 aliphatic heterocycles. The Morgan fingerprint density at radius 3 is 2.33 bits per heavy atom. The Morgan fingerprint density at radius 1 is 1.10 bits per heavy atom. The number of methoxy groups -OCH3 is 2. The van der Waals surface area contributed by atoms with Crippen molar-refractivity contribution in [1.29, 1.82) is 0 Å². The van der Waals surface area contributed by atoms with Crippen LogP contribution < -0.4 is 0 Å². The normalized spacial score (nSPS) is 33.0. The van der Waals surface area contributed by atoms with Gasteiger partial charge in [0.05, 0.1) is 13.2 Å². The third-order valence-corrected chi connectivity index (χ3v) is 3.60. The maximum absolute atomic E-state index is 10.1. The lowest BCUT2D eigenvalue weighted by Crippen LogP contribution is -2.60. The van der Waals surface area contributed by atoms with E-state index in [2.05, 4.69) is 0 Å².